The van der Waals surface area contributed by atoms with Crippen molar-refractivity contribution in [2.45, 2.75) is 51.8 Å². The zero-order valence-electron chi connectivity index (χ0n) is 15.8. The summed E-state index contributed by atoms with van der Waals surface area (Å²) in [6.07, 6.45) is -0.742. The summed E-state index contributed by atoms with van der Waals surface area (Å²) in [6, 6.07) is 9.97. The number of hydrogen-bond acceptors (Lipinski definition) is 6. The molecule has 0 bridgehead atoms. The first kappa shape index (κ1) is 20.8. The van der Waals surface area contributed by atoms with E-state index in [-0.39, 0.29) is 30.3 Å². The first-order valence-corrected chi connectivity index (χ1v) is 9.16. The van der Waals surface area contributed by atoms with Crippen LogP contribution in [-0.4, -0.2) is 49.9 Å². The highest BCUT2D eigenvalue weighted by Gasteiger charge is 2.41. The number of ether oxygens (including phenoxy) is 4. The molecule has 1 aliphatic heterocycles. The zero-order chi connectivity index (χ0) is 18.9. The Balaban J connectivity index is 1.79. The maximum absolute atomic E-state index is 11.1. The summed E-state index contributed by atoms with van der Waals surface area (Å²) < 4.78 is 22.0. The third kappa shape index (κ3) is 6.06. The Bertz CT molecular complexity index is 534. The lowest BCUT2D eigenvalue weighted by molar-refractivity contribution is -0.277. The number of hydrogen-bond donors (Lipinski definition) is 1. The molecule has 2 rings (SSSR count). The minimum atomic E-state index is -0.704. The van der Waals surface area contributed by atoms with Gasteiger partial charge in [0.25, 0.3) is 0 Å². The normalized spacial score (nSPS) is 28.7. The van der Waals surface area contributed by atoms with Gasteiger partial charge in [0.2, 0.25) is 0 Å². The third-order valence-corrected chi connectivity index (χ3v) is 4.97. The second-order valence-corrected chi connectivity index (χ2v) is 6.80. The van der Waals surface area contributed by atoms with Crippen LogP contribution < -0.4 is 0 Å². The monoisotopic (exact) mass is 366 g/mol. The van der Waals surface area contributed by atoms with Gasteiger partial charge >= 0.3 is 5.97 Å². The van der Waals surface area contributed by atoms with Crippen LogP contribution in [0.3, 0.4) is 0 Å². The summed E-state index contributed by atoms with van der Waals surface area (Å²) in [5, 5.41) is 10.4. The lowest BCUT2D eigenvalue weighted by atomic mass is 9.84. The summed E-state index contributed by atoms with van der Waals surface area (Å²) in [5.41, 5.74) is 1.11. The third-order valence-electron chi connectivity index (χ3n) is 4.97. The highest BCUT2D eigenvalue weighted by molar-refractivity contribution is 5.68. The molecule has 2 unspecified atom stereocenters. The molecule has 5 atom stereocenters. The lowest BCUT2D eigenvalue weighted by Gasteiger charge is -2.42. The van der Waals surface area contributed by atoms with Gasteiger partial charge in [-0.1, -0.05) is 44.2 Å². The fourth-order valence-corrected chi connectivity index (χ4v) is 2.99. The molecule has 1 fully saturated rings. The Morgan fingerprint density at radius 2 is 1.92 bits per heavy atom. The minimum absolute atomic E-state index is 0.0275. The fraction of sp³-hybridized carbons (Fsp3) is 0.650. The highest BCUT2D eigenvalue weighted by Crippen LogP contribution is 2.31. The van der Waals surface area contributed by atoms with Crippen molar-refractivity contribution in [3.05, 3.63) is 35.9 Å². The molecule has 6 heteroatoms. The summed E-state index contributed by atoms with van der Waals surface area (Å²) in [5.74, 6) is -0.0942. The predicted octanol–water partition coefficient (Wildman–Crippen LogP) is 2.53. The van der Waals surface area contributed by atoms with Gasteiger partial charge in [-0.05, 0) is 23.8 Å². The maximum atomic E-state index is 11.1. The van der Waals surface area contributed by atoms with Crippen LogP contribution in [0.15, 0.2) is 30.3 Å². The van der Waals surface area contributed by atoms with Crippen molar-refractivity contribution in [3.63, 3.8) is 0 Å². The maximum Gasteiger partial charge on any atom is 0.305 e. The zero-order valence-corrected chi connectivity index (χ0v) is 15.8. The van der Waals surface area contributed by atoms with E-state index >= 15 is 0 Å². The van der Waals surface area contributed by atoms with Crippen molar-refractivity contribution in [3.8, 4) is 0 Å². The summed E-state index contributed by atoms with van der Waals surface area (Å²) in [7, 11) is 1.36. The SMILES string of the molecule is COC(=O)CCCO[C@@H]1OC(COCc2ccccc2)[C@@H](C)[C@H](C)C1O. The van der Waals surface area contributed by atoms with Crippen molar-refractivity contribution < 1.29 is 28.8 Å². The Kier molecular flexibility index (Phi) is 8.51. The van der Waals surface area contributed by atoms with Gasteiger partial charge < -0.3 is 24.1 Å². The van der Waals surface area contributed by atoms with Crippen LogP contribution in [0.4, 0.5) is 0 Å². The van der Waals surface area contributed by atoms with Gasteiger partial charge in [-0.15, -0.1) is 0 Å². The Hall–Kier alpha value is -1.47. The molecule has 0 spiro atoms. The molecule has 26 heavy (non-hydrogen) atoms. The Morgan fingerprint density at radius 1 is 1.19 bits per heavy atom. The van der Waals surface area contributed by atoms with E-state index < -0.39 is 12.4 Å². The van der Waals surface area contributed by atoms with Crippen LogP contribution in [0.1, 0.15) is 32.3 Å². The quantitative estimate of drug-likeness (QED) is 0.535. The van der Waals surface area contributed by atoms with Crippen LogP contribution in [-0.2, 0) is 30.3 Å². The van der Waals surface area contributed by atoms with Crippen LogP contribution in [0.25, 0.3) is 0 Å². The topological polar surface area (TPSA) is 74.2 Å². The van der Waals surface area contributed by atoms with Gasteiger partial charge in [0.1, 0.15) is 6.10 Å². The average Bonchev–Trinajstić information content (AvgIpc) is 2.66. The van der Waals surface area contributed by atoms with Crippen molar-refractivity contribution in [2.24, 2.45) is 11.8 Å². The first-order valence-electron chi connectivity index (χ1n) is 9.16. The second kappa shape index (κ2) is 10.6. The highest BCUT2D eigenvalue weighted by atomic mass is 16.7. The molecule has 1 aliphatic rings. The Labute approximate surface area is 155 Å². The van der Waals surface area contributed by atoms with Crippen molar-refractivity contribution in [2.75, 3.05) is 20.3 Å². The largest absolute Gasteiger partial charge is 0.469 e. The molecule has 0 aliphatic carbocycles. The predicted molar refractivity (Wildman–Crippen MR) is 96.3 cm³/mol. The lowest BCUT2D eigenvalue weighted by Crippen LogP contribution is -2.51. The van der Waals surface area contributed by atoms with E-state index in [0.717, 1.165) is 5.56 Å². The van der Waals surface area contributed by atoms with Crippen LogP contribution in [0.2, 0.25) is 0 Å². The molecule has 1 aromatic carbocycles. The summed E-state index contributed by atoms with van der Waals surface area (Å²) in [6.45, 7) is 5.34. The van der Waals surface area contributed by atoms with E-state index in [1.165, 1.54) is 7.11 Å². The molecule has 1 heterocycles. The number of benzene rings is 1. The van der Waals surface area contributed by atoms with E-state index in [1.54, 1.807) is 0 Å². The van der Waals surface area contributed by atoms with E-state index in [2.05, 4.69) is 11.7 Å². The molecular weight excluding hydrogens is 336 g/mol. The van der Waals surface area contributed by atoms with Gasteiger partial charge in [-0.25, -0.2) is 0 Å². The van der Waals surface area contributed by atoms with Crippen molar-refractivity contribution in [1.82, 2.24) is 0 Å². The number of aliphatic hydroxyl groups excluding tert-OH is 1. The van der Waals surface area contributed by atoms with E-state index in [1.807, 2.05) is 37.3 Å². The van der Waals surface area contributed by atoms with Crippen molar-refractivity contribution >= 4 is 5.97 Å². The number of rotatable bonds is 9. The number of aliphatic hydroxyl groups is 1. The van der Waals surface area contributed by atoms with Gasteiger partial charge in [0.05, 0.1) is 33.0 Å². The molecule has 146 valence electrons. The van der Waals surface area contributed by atoms with Crippen LogP contribution in [0.5, 0.6) is 0 Å². The molecular formula is C20H30O6. The van der Waals surface area contributed by atoms with Crippen LogP contribution >= 0.6 is 0 Å². The average molecular weight is 366 g/mol. The molecule has 0 saturated carbocycles. The van der Waals surface area contributed by atoms with Gasteiger partial charge in [-0.2, -0.15) is 0 Å². The number of methoxy groups -OCH3 is 1. The van der Waals surface area contributed by atoms with Gasteiger partial charge in [0.15, 0.2) is 6.29 Å². The number of carbonyl (C=O) groups excluding carboxylic acids is 1. The van der Waals surface area contributed by atoms with E-state index in [9.17, 15) is 9.90 Å². The van der Waals surface area contributed by atoms with Crippen molar-refractivity contribution in [1.29, 1.82) is 0 Å². The number of carbonyl (C=O) groups is 1. The van der Waals surface area contributed by atoms with E-state index in [0.29, 0.717) is 26.2 Å². The molecule has 0 radical (unpaired) electrons. The smallest absolute Gasteiger partial charge is 0.305 e. The molecule has 0 aromatic heterocycles. The first-order chi connectivity index (χ1) is 12.5. The van der Waals surface area contributed by atoms with Gasteiger partial charge in [0, 0.05) is 6.42 Å². The Morgan fingerprint density at radius 3 is 2.62 bits per heavy atom. The van der Waals surface area contributed by atoms with Crippen LogP contribution in [0, 0.1) is 11.8 Å². The minimum Gasteiger partial charge on any atom is -0.469 e. The fourth-order valence-electron chi connectivity index (χ4n) is 2.99. The number of esters is 1. The molecule has 0 amide bonds. The molecule has 1 aromatic rings. The molecule has 1 N–H and O–H groups in total. The van der Waals surface area contributed by atoms with E-state index in [4.69, 9.17) is 14.2 Å². The summed E-state index contributed by atoms with van der Waals surface area (Å²) in [4.78, 5) is 11.1. The van der Waals surface area contributed by atoms with Gasteiger partial charge in [-0.3, -0.25) is 4.79 Å². The standard InChI is InChI=1S/C20H30O6/c1-14-15(2)19(22)20(25-11-7-10-18(21)23-3)26-17(14)13-24-12-16-8-5-4-6-9-16/h4-6,8-9,14-15,17,19-20,22H,7,10-13H2,1-3H3/t14-,15-,17?,19?,20+/m0/s1. The summed E-state index contributed by atoms with van der Waals surface area (Å²) >= 11 is 0. The molecule has 6 nitrogen and oxygen atoms in total. The second-order valence-electron chi connectivity index (χ2n) is 6.80. The molecule has 1 saturated heterocycles.